The molecule has 16 heavy (non-hydrogen) atoms. The highest BCUT2D eigenvalue weighted by molar-refractivity contribution is 5.01. The largest absolute Gasteiger partial charge is 0.329 e. The molecule has 1 saturated heterocycles. The highest BCUT2D eigenvalue weighted by atomic mass is 15.2. The van der Waals surface area contributed by atoms with Gasteiger partial charge in [-0.15, -0.1) is 0 Å². The Bertz CT molecular complexity index is 223. The molecule has 2 rings (SSSR count). The first-order chi connectivity index (χ1) is 7.65. The summed E-state index contributed by atoms with van der Waals surface area (Å²) in [6.07, 6.45) is 6.71. The van der Waals surface area contributed by atoms with Crippen molar-refractivity contribution >= 4 is 0 Å². The number of hydrogen-bond acceptors (Lipinski definition) is 3. The number of nitrogens with two attached hydrogens (primary N) is 1. The van der Waals surface area contributed by atoms with E-state index in [0.29, 0.717) is 6.04 Å². The normalized spacial score (nSPS) is 33.0. The summed E-state index contributed by atoms with van der Waals surface area (Å²) in [6, 6.07) is 1.38. The van der Waals surface area contributed by atoms with Crippen LogP contribution in [-0.4, -0.2) is 42.2 Å². The van der Waals surface area contributed by atoms with Crippen molar-refractivity contribution in [1.29, 1.82) is 0 Å². The van der Waals surface area contributed by atoms with E-state index in [9.17, 15) is 0 Å². The van der Waals surface area contributed by atoms with Crippen LogP contribution in [0.3, 0.4) is 0 Å². The molecule has 1 unspecified atom stereocenters. The Morgan fingerprint density at radius 3 is 2.56 bits per heavy atom. The lowest BCUT2D eigenvalue weighted by atomic mass is 9.97. The lowest BCUT2D eigenvalue weighted by Gasteiger charge is -2.33. The molecule has 0 aromatic heterocycles. The van der Waals surface area contributed by atoms with E-state index in [-0.39, 0.29) is 5.54 Å². The van der Waals surface area contributed by atoms with Crippen molar-refractivity contribution in [3.63, 3.8) is 0 Å². The zero-order valence-corrected chi connectivity index (χ0v) is 10.8. The molecule has 0 radical (unpaired) electrons. The zero-order chi connectivity index (χ0) is 11.6. The molecular weight excluding hydrogens is 198 g/mol. The van der Waals surface area contributed by atoms with Gasteiger partial charge in [0.15, 0.2) is 0 Å². The van der Waals surface area contributed by atoms with Crippen LogP contribution in [0.1, 0.15) is 46.0 Å². The first-order valence-electron chi connectivity index (χ1n) is 6.87. The molecule has 0 aromatic carbocycles. The molecule has 2 aliphatic rings. The second-order valence-electron chi connectivity index (χ2n) is 5.92. The van der Waals surface area contributed by atoms with Crippen molar-refractivity contribution in [2.75, 3.05) is 19.6 Å². The van der Waals surface area contributed by atoms with Gasteiger partial charge >= 0.3 is 0 Å². The molecule has 1 heterocycles. The third kappa shape index (κ3) is 2.58. The van der Waals surface area contributed by atoms with Crippen molar-refractivity contribution < 1.29 is 0 Å². The summed E-state index contributed by atoms with van der Waals surface area (Å²) in [6.45, 7) is 7.68. The van der Waals surface area contributed by atoms with Gasteiger partial charge in [-0.1, -0.05) is 12.8 Å². The molecule has 0 bridgehead atoms. The lowest BCUT2D eigenvalue weighted by Crippen LogP contribution is -2.56. The van der Waals surface area contributed by atoms with Gasteiger partial charge in [0, 0.05) is 37.3 Å². The van der Waals surface area contributed by atoms with Gasteiger partial charge in [-0.2, -0.15) is 0 Å². The Kier molecular flexibility index (Phi) is 3.88. The first kappa shape index (κ1) is 12.3. The molecular formula is C13H27N3. The molecule has 1 aliphatic carbocycles. The monoisotopic (exact) mass is 225 g/mol. The molecule has 1 atom stereocenters. The Morgan fingerprint density at radius 2 is 2.06 bits per heavy atom. The number of hydrogen-bond donors (Lipinski definition) is 2. The minimum atomic E-state index is 0.208. The zero-order valence-electron chi connectivity index (χ0n) is 10.8. The molecule has 3 N–H and O–H groups in total. The van der Waals surface area contributed by atoms with E-state index in [4.69, 9.17) is 5.73 Å². The van der Waals surface area contributed by atoms with Crippen LogP contribution in [0.25, 0.3) is 0 Å². The summed E-state index contributed by atoms with van der Waals surface area (Å²) in [5.74, 6) is 0. The van der Waals surface area contributed by atoms with Gasteiger partial charge in [0.05, 0.1) is 0 Å². The predicted molar refractivity (Wildman–Crippen MR) is 68.5 cm³/mol. The van der Waals surface area contributed by atoms with E-state index in [2.05, 4.69) is 24.1 Å². The van der Waals surface area contributed by atoms with Gasteiger partial charge in [-0.25, -0.2) is 0 Å². The molecule has 3 heteroatoms. The van der Waals surface area contributed by atoms with Crippen LogP contribution in [-0.2, 0) is 0 Å². The van der Waals surface area contributed by atoms with Crippen LogP contribution in [0, 0.1) is 0 Å². The van der Waals surface area contributed by atoms with Gasteiger partial charge in [-0.05, 0) is 33.1 Å². The van der Waals surface area contributed by atoms with E-state index in [1.54, 1.807) is 0 Å². The third-order valence-corrected chi connectivity index (χ3v) is 4.37. The maximum atomic E-state index is 6.02. The average Bonchev–Trinajstić information content (AvgIpc) is 2.88. The SMILES string of the molecule is CC(C)N1CCC(CN)(NC2CCCC2)C1. The molecule has 0 aromatic rings. The van der Waals surface area contributed by atoms with E-state index < -0.39 is 0 Å². The van der Waals surface area contributed by atoms with Crippen molar-refractivity contribution in [3.8, 4) is 0 Å². The third-order valence-electron chi connectivity index (χ3n) is 4.37. The summed E-state index contributed by atoms with van der Waals surface area (Å²) >= 11 is 0. The molecule has 0 spiro atoms. The smallest absolute Gasteiger partial charge is 0.0447 e. The molecule has 1 aliphatic heterocycles. The van der Waals surface area contributed by atoms with Gasteiger partial charge in [0.1, 0.15) is 0 Å². The fourth-order valence-electron chi connectivity index (χ4n) is 3.19. The average molecular weight is 225 g/mol. The topological polar surface area (TPSA) is 41.3 Å². The van der Waals surface area contributed by atoms with Gasteiger partial charge < -0.3 is 11.1 Å². The Labute approximate surface area is 99.8 Å². The quantitative estimate of drug-likeness (QED) is 0.758. The number of rotatable bonds is 4. The minimum Gasteiger partial charge on any atom is -0.329 e. The van der Waals surface area contributed by atoms with E-state index >= 15 is 0 Å². The first-order valence-corrected chi connectivity index (χ1v) is 6.87. The Morgan fingerprint density at radius 1 is 1.38 bits per heavy atom. The fourth-order valence-corrected chi connectivity index (χ4v) is 3.19. The van der Waals surface area contributed by atoms with Crippen LogP contribution in [0.2, 0.25) is 0 Å². The van der Waals surface area contributed by atoms with E-state index in [1.165, 1.54) is 38.6 Å². The van der Waals surface area contributed by atoms with Crippen molar-refractivity contribution in [2.45, 2.75) is 63.6 Å². The van der Waals surface area contributed by atoms with Crippen molar-refractivity contribution in [2.24, 2.45) is 5.73 Å². The van der Waals surface area contributed by atoms with E-state index in [0.717, 1.165) is 19.1 Å². The minimum absolute atomic E-state index is 0.208. The van der Waals surface area contributed by atoms with Crippen LogP contribution in [0.4, 0.5) is 0 Å². The van der Waals surface area contributed by atoms with Crippen molar-refractivity contribution in [3.05, 3.63) is 0 Å². The highest BCUT2D eigenvalue weighted by Gasteiger charge is 2.39. The fraction of sp³-hybridized carbons (Fsp3) is 1.00. The second-order valence-corrected chi connectivity index (χ2v) is 5.92. The summed E-state index contributed by atoms with van der Waals surface area (Å²) in [7, 11) is 0. The van der Waals surface area contributed by atoms with Gasteiger partial charge in [0.25, 0.3) is 0 Å². The summed E-state index contributed by atoms with van der Waals surface area (Å²) < 4.78 is 0. The van der Waals surface area contributed by atoms with Gasteiger partial charge in [-0.3, -0.25) is 4.90 Å². The van der Waals surface area contributed by atoms with E-state index in [1.807, 2.05) is 0 Å². The Hall–Kier alpha value is -0.120. The van der Waals surface area contributed by atoms with Crippen LogP contribution in [0.5, 0.6) is 0 Å². The summed E-state index contributed by atoms with van der Waals surface area (Å²) in [5.41, 5.74) is 6.23. The number of likely N-dealkylation sites (tertiary alicyclic amines) is 1. The predicted octanol–water partition coefficient (Wildman–Crippen LogP) is 1.33. The summed E-state index contributed by atoms with van der Waals surface area (Å²) in [5, 5.41) is 3.86. The van der Waals surface area contributed by atoms with Gasteiger partial charge in [0.2, 0.25) is 0 Å². The lowest BCUT2D eigenvalue weighted by molar-refractivity contribution is 0.231. The molecule has 1 saturated carbocycles. The Balaban J connectivity index is 1.92. The van der Waals surface area contributed by atoms with Crippen molar-refractivity contribution in [1.82, 2.24) is 10.2 Å². The molecule has 3 nitrogen and oxygen atoms in total. The maximum Gasteiger partial charge on any atom is 0.0447 e. The maximum absolute atomic E-state index is 6.02. The number of nitrogens with zero attached hydrogens (tertiary/aromatic N) is 1. The number of nitrogens with one attached hydrogen (secondary N) is 1. The highest BCUT2D eigenvalue weighted by Crippen LogP contribution is 2.26. The van der Waals surface area contributed by atoms with Crippen LogP contribution < -0.4 is 11.1 Å². The van der Waals surface area contributed by atoms with Crippen LogP contribution >= 0.6 is 0 Å². The second kappa shape index (κ2) is 5.03. The molecule has 0 amide bonds. The molecule has 2 fully saturated rings. The van der Waals surface area contributed by atoms with Crippen LogP contribution in [0.15, 0.2) is 0 Å². The summed E-state index contributed by atoms with van der Waals surface area (Å²) in [4.78, 5) is 2.55. The standard InChI is InChI=1S/C13H27N3/c1-11(2)16-8-7-13(9-14,10-16)15-12-5-3-4-6-12/h11-12,15H,3-10,14H2,1-2H3. The molecule has 94 valence electrons.